The van der Waals surface area contributed by atoms with Gasteiger partial charge in [0.1, 0.15) is 0 Å². The van der Waals surface area contributed by atoms with Crippen molar-refractivity contribution in [1.82, 2.24) is 5.32 Å². The van der Waals surface area contributed by atoms with Gasteiger partial charge in [-0.2, -0.15) is 0 Å². The topological polar surface area (TPSA) is 94.1 Å². The van der Waals surface area contributed by atoms with Crippen LogP contribution in [0.15, 0.2) is 24.3 Å². The van der Waals surface area contributed by atoms with Crippen LogP contribution in [0, 0.1) is 5.41 Å². The van der Waals surface area contributed by atoms with Gasteiger partial charge in [0.15, 0.2) is 0 Å². The molecule has 0 spiro atoms. The van der Waals surface area contributed by atoms with Gasteiger partial charge in [0.25, 0.3) is 0 Å². The van der Waals surface area contributed by atoms with Gasteiger partial charge in [-0.1, -0.05) is 12.1 Å². The molecule has 1 aromatic carbocycles. The molecule has 0 radical (unpaired) electrons. The predicted molar refractivity (Wildman–Crippen MR) is 128 cm³/mol. The highest BCUT2D eigenvalue weighted by Gasteiger charge is 2.42. The number of carbonyl (C=O) groups excluding carboxylic acids is 1. The van der Waals surface area contributed by atoms with Gasteiger partial charge in [0.05, 0.1) is 49.7 Å². The summed E-state index contributed by atoms with van der Waals surface area (Å²) in [6.45, 7) is 5.45. The zero-order valence-electron chi connectivity index (χ0n) is 20.5. The molecule has 1 unspecified atom stereocenters. The van der Waals surface area contributed by atoms with Crippen molar-refractivity contribution in [3.05, 3.63) is 35.4 Å². The van der Waals surface area contributed by atoms with Gasteiger partial charge in [-0.05, 0) is 81.9 Å². The molecule has 4 aliphatic rings. The van der Waals surface area contributed by atoms with E-state index in [2.05, 4.69) is 5.32 Å². The lowest BCUT2D eigenvalue weighted by Crippen LogP contribution is -2.49. The molecule has 7 nitrogen and oxygen atoms in total. The third-order valence-electron chi connectivity index (χ3n) is 8.04. The third-order valence-corrected chi connectivity index (χ3v) is 8.04. The van der Waals surface area contributed by atoms with Gasteiger partial charge in [0, 0.05) is 12.3 Å². The Labute approximate surface area is 202 Å². The summed E-state index contributed by atoms with van der Waals surface area (Å²) in [4.78, 5) is 22.9. The number of aromatic carboxylic acids is 1. The molecule has 5 rings (SSSR count). The van der Waals surface area contributed by atoms with Gasteiger partial charge < -0.3 is 24.6 Å². The molecule has 2 saturated carbocycles. The number of ether oxygens (including phenoxy) is 3. The van der Waals surface area contributed by atoms with Crippen molar-refractivity contribution < 1.29 is 28.9 Å². The van der Waals surface area contributed by atoms with Gasteiger partial charge in [0.2, 0.25) is 5.91 Å². The van der Waals surface area contributed by atoms with E-state index in [0.29, 0.717) is 30.8 Å². The SMILES string of the molecule is CC(=O)NC(COC1CCC(c2ccc(C(=O)O)cc2)CC1)[C@@H](C)OCC12CCC(CC1)OC2. The first-order valence-corrected chi connectivity index (χ1v) is 12.8. The highest BCUT2D eigenvalue weighted by molar-refractivity contribution is 5.87. The molecule has 2 atom stereocenters. The average Bonchev–Trinajstić information content (AvgIpc) is 2.86. The zero-order chi connectivity index (χ0) is 24.1. The molecule has 0 aromatic heterocycles. The largest absolute Gasteiger partial charge is 0.478 e. The maximum atomic E-state index is 11.8. The van der Waals surface area contributed by atoms with E-state index in [-0.39, 0.29) is 29.6 Å². The first-order chi connectivity index (χ1) is 16.3. The van der Waals surface area contributed by atoms with Crippen LogP contribution in [-0.4, -0.2) is 61.2 Å². The number of carboxylic acids is 1. The van der Waals surface area contributed by atoms with Crippen LogP contribution in [0.1, 0.15) is 87.1 Å². The van der Waals surface area contributed by atoms with E-state index in [1.807, 2.05) is 19.1 Å². The number of hydrogen-bond acceptors (Lipinski definition) is 5. The number of rotatable bonds is 10. The molecule has 2 heterocycles. The Morgan fingerprint density at radius 2 is 1.79 bits per heavy atom. The van der Waals surface area contributed by atoms with Gasteiger partial charge in [-0.3, -0.25) is 4.79 Å². The Morgan fingerprint density at radius 3 is 2.35 bits per heavy atom. The number of hydrogen-bond donors (Lipinski definition) is 2. The summed E-state index contributed by atoms with van der Waals surface area (Å²) in [5.41, 5.74) is 1.65. The summed E-state index contributed by atoms with van der Waals surface area (Å²) in [7, 11) is 0. The summed E-state index contributed by atoms with van der Waals surface area (Å²) in [5, 5.41) is 12.1. The first kappa shape index (κ1) is 25.1. The normalized spacial score (nSPS) is 30.5. The Hall–Kier alpha value is -1.96. The number of benzene rings is 1. The van der Waals surface area contributed by atoms with Crippen molar-refractivity contribution in [3.63, 3.8) is 0 Å². The molecule has 7 heteroatoms. The second-order valence-electron chi connectivity index (χ2n) is 10.6. The maximum absolute atomic E-state index is 11.8. The van der Waals surface area contributed by atoms with Crippen LogP contribution in [0.4, 0.5) is 0 Å². The highest BCUT2D eigenvalue weighted by Crippen LogP contribution is 2.43. The third kappa shape index (κ3) is 6.37. The molecule has 2 bridgehead atoms. The summed E-state index contributed by atoms with van der Waals surface area (Å²) in [6.07, 6.45) is 8.98. The van der Waals surface area contributed by atoms with E-state index in [1.54, 1.807) is 12.1 Å². The molecule has 2 N–H and O–H groups in total. The number of nitrogens with one attached hydrogen (secondary N) is 1. The minimum absolute atomic E-state index is 0.0720. The van der Waals surface area contributed by atoms with E-state index in [4.69, 9.17) is 19.3 Å². The van der Waals surface area contributed by atoms with Gasteiger partial charge >= 0.3 is 5.97 Å². The van der Waals surface area contributed by atoms with Gasteiger partial charge in [-0.25, -0.2) is 4.79 Å². The second-order valence-corrected chi connectivity index (χ2v) is 10.6. The van der Waals surface area contributed by atoms with Crippen molar-refractivity contribution >= 4 is 11.9 Å². The Balaban J connectivity index is 1.23. The lowest BCUT2D eigenvalue weighted by Gasteiger charge is -2.46. The van der Waals surface area contributed by atoms with E-state index >= 15 is 0 Å². The lowest BCUT2D eigenvalue weighted by molar-refractivity contribution is -0.154. The Morgan fingerprint density at radius 1 is 1.12 bits per heavy atom. The molecular weight excluding hydrogens is 434 g/mol. The fraction of sp³-hybridized carbons (Fsp3) is 0.704. The minimum atomic E-state index is -0.894. The summed E-state index contributed by atoms with van der Waals surface area (Å²) in [5.74, 6) is -0.532. The number of fused-ring (bicyclic) bond motifs is 3. The number of carbonyl (C=O) groups is 2. The molecule has 2 saturated heterocycles. The van der Waals surface area contributed by atoms with E-state index in [0.717, 1.165) is 58.0 Å². The van der Waals surface area contributed by atoms with Crippen LogP contribution in [0.5, 0.6) is 0 Å². The Kier molecular flexibility index (Phi) is 8.27. The maximum Gasteiger partial charge on any atom is 0.335 e. The number of carboxylic acid groups (broad SMARTS) is 1. The van der Waals surface area contributed by atoms with Crippen molar-refractivity contribution in [1.29, 1.82) is 0 Å². The van der Waals surface area contributed by atoms with E-state index < -0.39 is 5.97 Å². The quantitative estimate of drug-likeness (QED) is 0.526. The molecule has 188 valence electrons. The first-order valence-electron chi connectivity index (χ1n) is 12.8. The smallest absolute Gasteiger partial charge is 0.335 e. The Bertz CT molecular complexity index is 810. The van der Waals surface area contributed by atoms with Crippen LogP contribution in [0.2, 0.25) is 0 Å². The molecule has 2 aliphatic heterocycles. The van der Waals surface area contributed by atoms with Crippen LogP contribution in [0.3, 0.4) is 0 Å². The molecule has 4 fully saturated rings. The van der Waals surface area contributed by atoms with Crippen molar-refractivity contribution in [2.75, 3.05) is 19.8 Å². The summed E-state index contributed by atoms with van der Waals surface area (Å²) < 4.78 is 18.5. The van der Waals surface area contributed by atoms with Gasteiger partial charge in [-0.15, -0.1) is 0 Å². The molecule has 2 aliphatic carbocycles. The van der Waals surface area contributed by atoms with Crippen LogP contribution >= 0.6 is 0 Å². The molecule has 1 aromatic rings. The predicted octanol–water partition coefficient (Wildman–Crippen LogP) is 4.30. The summed E-state index contributed by atoms with van der Waals surface area (Å²) >= 11 is 0. The average molecular weight is 474 g/mol. The monoisotopic (exact) mass is 473 g/mol. The minimum Gasteiger partial charge on any atom is -0.478 e. The highest BCUT2D eigenvalue weighted by atomic mass is 16.5. The van der Waals surface area contributed by atoms with Crippen LogP contribution in [0.25, 0.3) is 0 Å². The fourth-order valence-corrected chi connectivity index (χ4v) is 5.68. The molecule has 34 heavy (non-hydrogen) atoms. The fourth-order valence-electron chi connectivity index (χ4n) is 5.68. The molecule has 1 amide bonds. The van der Waals surface area contributed by atoms with E-state index in [9.17, 15) is 9.59 Å². The van der Waals surface area contributed by atoms with Crippen LogP contribution < -0.4 is 5.32 Å². The lowest BCUT2D eigenvalue weighted by atomic mass is 9.72. The summed E-state index contributed by atoms with van der Waals surface area (Å²) in [6, 6.07) is 7.06. The van der Waals surface area contributed by atoms with Crippen molar-refractivity contribution in [3.8, 4) is 0 Å². The van der Waals surface area contributed by atoms with Crippen LogP contribution in [-0.2, 0) is 19.0 Å². The second kappa shape index (κ2) is 11.2. The standard InChI is InChI=1S/C27H39NO6/c1-18(33-16-27-13-11-24(12-14-27)34-17-27)25(28-19(2)29)15-32-23-9-7-21(8-10-23)20-3-5-22(6-4-20)26(30)31/h3-6,18,21,23-25H,7-17H2,1-2H3,(H,28,29)(H,30,31)/t18-,21?,23?,24?,25?,27?/m1/s1. The number of amides is 1. The van der Waals surface area contributed by atoms with Crippen molar-refractivity contribution in [2.45, 2.75) is 95.5 Å². The zero-order valence-corrected chi connectivity index (χ0v) is 20.5. The van der Waals surface area contributed by atoms with Crippen molar-refractivity contribution in [2.24, 2.45) is 5.41 Å². The molecular formula is C27H39NO6. The van der Waals surface area contributed by atoms with E-state index in [1.165, 1.54) is 12.5 Å².